The van der Waals surface area contributed by atoms with Crippen LogP contribution in [0.5, 0.6) is 5.75 Å². The minimum atomic E-state index is -0.572. The average molecular weight is 506 g/mol. The molecule has 0 saturated carbocycles. The molecule has 2 N–H and O–H groups in total. The summed E-state index contributed by atoms with van der Waals surface area (Å²) in [6.07, 6.45) is 5.09. The monoisotopic (exact) mass is 505 g/mol. The molecule has 3 fully saturated rings. The Kier molecular flexibility index (Phi) is 5.71. The Morgan fingerprint density at radius 2 is 2.08 bits per heavy atom. The van der Waals surface area contributed by atoms with E-state index in [1.54, 1.807) is 19.3 Å². The van der Waals surface area contributed by atoms with Crippen LogP contribution in [0.1, 0.15) is 23.3 Å². The van der Waals surface area contributed by atoms with Crippen LogP contribution in [0.2, 0.25) is 0 Å². The van der Waals surface area contributed by atoms with Crippen LogP contribution in [-0.2, 0) is 7.05 Å². The number of nitrogens with zero attached hydrogens (tertiary/aromatic N) is 5. The van der Waals surface area contributed by atoms with Crippen LogP contribution in [-0.4, -0.2) is 57.9 Å². The number of carbonyl (C=O) groups is 1. The third kappa shape index (κ3) is 3.95. The van der Waals surface area contributed by atoms with Crippen molar-refractivity contribution in [3.8, 4) is 17.1 Å². The summed E-state index contributed by atoms with van der Waals surface area (Å²) in [7, 11) is 3.11. The number of hydrogen-bond donors (Lipinski definition) is 2. The standard InChI is InChI=1S/C26H25F2N7O2/c1-34-23-16(12-31-34)24(35-13-14-6-7-15(35)11-30-14)20(10-18(23)28)33-26(36)19-8-9-29-25(32-19)22-17(27)4-3-5-21(22)37-2/h3-5,8-10,12,14-15,30H,6-7,11,13H2,1-2H3,(H,33,36)/t14-,15-/m0/s1. The molecule has 9 nitrogen and oxygen atoms in total. The summed E-state index contributed by atoms with van der Waals surface area (Å²) < 4.78 is 36.6. The Balaban J connectivity index is 1.40. The zero-order valence-electron chi connectivity index (χ0n) is 20.3. The smallest absolute Gasteiger partial charge is 0.274 e. The summed E-state index contributed by atoms with van der Waals surface area (Å²) in [6.45, 7) is 1.56. The van der Waals surface area contributed by atoms with Crippen molar-refractivity contribution < 1.29 is 18.3 Å². The summed E-state index contributed by atoms with van der Waals surface area (Å²) in [5, 5.41) is 11.3. The number of piperidine rings is 2. The van der Waals surface area contributed by atoms with Gasteiger partial charge in [0, 0.05) is 49.9 Å². The highest BCUT2D eigenvalue weighted by molar-refractivity contribution is 6.09. The minimum absolute atomic E-state index is 0.00906. The van der Waals surface area contributed by atoms with Gasteiger partial charge >= 0.3 is 0 Å². The van der Waals surface area contributed by atoms with Crippen molar-refractivity contribution in [3.05, 3.63) is 60.1 Å². The number of amides is 1. The first-order valence-corrected chi connectivity index (χ1v) is 12.1. The predicted octanol–water partition coefficient (Wildman–Crippen LogP) is 3.51. The Morgan fingerprint density at radius 3 is 2.81 bits per heavy atom. The summed E-state index contributed by atoms with van der Waals surface area (Å²) >= 11 is 0. The van der Waals surface area contributed by atoms with E-state index in [9.17, 15) is 9.18 Å². The first kappa shape index (κ1) is 23.3. The van der Waals surface area contributed by atoms with Gasteiger partial charge in [-0.2, -0.15) is 5.10 Å². The quantitative estimate of drug-likeness (QED) is 0.429. The molecule has 1 amide bonds. The van der Waals surface area contributed by atoms with Gasteiger partial charge in [-0.05, 0) is 31.0 Å². The number of anilines is 2. The van der Waals surface area contributed by atoms with E-state index in [1.807, 2.05) is 0 Å². The number of fused-ring (bicyclic) bond motifs is 4. The highest BCUT2D eigenvalue weighted by Crippen LogP contribution is 2.40. The lowest BCUT2D eigenvalue weighted by atomic mass is 9.91. The van der Waals surface area contributed by atoms with Crippen LogP contribution in [0.25, 0.3) is 22.3 Å². The van der Waals surface area contributed by atoms with Crippen molar-refractivity contribution >= 4 is 28.2 Å². The molecular formula is C26H25F2N7O2. The fourth-order valence-corrected chi connectivity index (χ4v) is 5.37. The number of carbonyl (C=O) groups excluding carboxylic acids is 1. The largest absolute Gasteiger partial charge is 0.496 e. The molecule has 7 rings (SSSR count). The van der Waals surface area contributed by atoms with Crippen molar-refractivity contribution in [3.63, 3.8) is 0 Å². The molecule has 0 spiro atoms. The molecule has 2 atom stereocenters. The maximum Gasteiger partial charge on any atom is 0.274 e. The molecule has 5 heterocycles. The number of halogens is 2. The van der Waals surface area contributed by atoms with Crippen LogP contribution in [0, 0.1) is 11.6 Å². The molecule has 37 heavy (non-hydrogen) atoms. The number of benzene rings is 2. The second kappa shape index (κ2) is 9.07. The van der Waals surface area contributed by atoms with Gasteiger partial charge in [0.25, 0.3) is 5.91 Å². The second-order valence-corrected chi connectivity index (χ2v) is 9.31. The molecule has 3 aliphatic rings. The number of nitrogens with one attached hydrogen (secondary N) is 2. The minimum Gasteiger partial charge on any atom is -0.496 e. The van der Waals surface area contributed by atoms with Crippen LogP contribution in [0.3, 0.4) is 0 Å². The van der Waals surface area contributed by atoms with Gasteiger partial charge in [-0.25, -0.2) is 18.7 Å². The Labute approximate surface area is 211 Å². The molecule has 3 aliphatic heterocycles. The van der Waals surface area contributed by atoms with Crippen LogP contribution < -0.4 is 20.3 Å². The van der Waals surface area contributed by atoms with Crippen molar-refractivity contribution in [2.75, 3.05) is 30.4 Å². The van der Waals surface area contributed by atoms with E-state index in [0.29, 0.717) is 22.6 Å². The average Bonchev–Trinajstić information content (AvgIpc) is 3.31. The zero-order chi connectivity index (χ0) is 25.7. The van der Waals surface area contributed by atoms with Crippen molar-refractivity contribution in [1.82, 2.24) is 25.1 Å². The molecule has 0 radical (unpaired) electrons. The molecule has 190 valence electrons. The summed E-state index contributed by atoms with van der Waals surface area (Å²) in [6, 6.07) is 7.68. The number of aromatic nitrogens is 4. The first-order chi connectivity index (χ1) is 17.9. The van der Waals surface area contributed by atoms with Gasteiger partial charge in [0.15, 0.2) is 11.6 Å². The lowest BCUT2D eigenvalue weighted by Gasteiger charge is -2.47. The van der Waals surface area contributed by atoms with E-state index < -0.39 is 17.5 Å². The van der Waals surface area contributed by atoms with Gasteiger partial charge < -0.3 is 20.3 Å². The Morgan fingerprint density at radius 1 is 1.22 bits per heavy atom. The maximum absolute atomic E-state index is 15.2. The fraction of sp³-hybridized carbons (Fsp3) is 0.308. The fourth-order valence-electron chi connectivity index (χ4n) is 5.37. The number of rotatable bonds is 5. The normalized spacial score (nSPS) is 18.9. The maximum atomic E-state index is 15.2. The highest BCUT2D eigenvalue weighted by Gasteiger charge is 2.36. The van der Waals surface area contributed by atoms with E-state index in [4.69, 9.17) is 4.74 Å². The predicted molar refractivity (Wildman–Crippen MR) is 135 cm³/mol. The van der Waals surface area contributed by atoms with Crippen molar-refractivity contribution in [2.45, 2.75) is 24.9 Å². The molecule has 2 aromatic heterocycles. The zero-order valence-corrected chi connectivity index (χ0v) is 20.3. The second-order valence-electron chi connectivity index (χ2n) is 9.31. The molecule has 11 heteroatoms. The van der Waals surface area contributed by atoms with Crippen molar-refractivity contribution in [2.24, 2.45) is 7.05 Å². The van der Waals surface area contributed by atoms with E-state index in [-0.39, 0.29) is 28.9 Å². The van der Waals surface area contributed by atoms with Crippen molar-refractivity contribution in [1.29, 1.82) is 0 Å². The summed E-state index contributed by atoms with van der Waals surface area (Å²) in [5.74, 6) is -1.37. The van der Waals surface area contributed by atoms with Gasteiger partial charge in [-0.3, -0.25) is 9.48 Å². The van der Waals surface area contributed by atoms with Gasteiger partial charge in [0.1, 0.15) is 22.8 Å². The van der Waals surface area contributed by atoms with Crippen LogP contribution >= 0.6 is 0 Å². The molecule has 0 aliphatic carbocycles. The first-order valence-electron chi connectivity index (χ1n) is 12.1. The van der Waals surface area contributed by atoms with Gasteiger partial charge in [-0.15, -0.1) is 0 Å². The molecule has 4 aromatic rings. The SMILES string of the molecule is COc1cccc(F)c1-c1nccc(C(=O)Nc2cc(F)c3c(cnn3C)c2N2C[C@@H]3CC[C@H]2CN3)n1. The van der Waals surface area contributed by atoms with Gasteiger partial charge in [-0.1, -0.05) is 6.07 Å². The number of ether oxygens (including phenoxy) is 1. The van der Waals surface area contributed by atoms with E-state index >= 15 is 4.39 Å². The molecule has 2 bridgehead atoms. The number of methoxy groups -OCH3 is 1. The molecule has 2 aromatic carbocycles. The highest BCUT2D eigenvalue weighted by atomic mass is 19.1. The Hall–Kier alpha value is -4.12. The van der Waals surface area contributed by atoms with Gasteiger partial charge in [0.2, 0.25) is 0 Å². The van der Waals surface area contributed by atoms with E-state index in [1.165, 1.54) is 42.3 Å². The third-order valence-electron chi connectivity index (χ3n) is 7.14. The summed E-state index contributed by atoms with van der Waals surface area (Å²) in [4.78, 5) is 24.1. The summed E-state index contributed by atoms with van der Waals surface area (Å²) in [5.41, 5.74) is 1.51. The van der Waals surface area contributed by atoms with Crippen LogP contribution in [0.4, 0.5) is 20.2 Å². The number of hydrogen-bond acceptors (Lipinski definition) is 7. The van der Waals surface area contributed by atoms with E-state index in [2.05, 4.69) is 30.6 Å². The molecular weight excluding hydrogens is 480 g/mol. The number of aryl methyl sites for hydroxylation is 1. The Bertz CT molecular complexity index is 1510. The molecule has 3 saturated heterocycles. The number of piperazine rings is 1. The lowest BCUT2D eigenvalue weighted by molar-refractivity contribution is 0.102. The molecule has 0 unspecified atom stereocenters. The topological polar surface area (TPSA) is 97.2 Å². The third-order valence-corrected chi connectivity index (χ3v) is 7.14. The van der Waals surface area contributed by atoms with Gasteiger partial charge in [0.05, 0.1) is 30.2 Å². The van der Waals surface area contributed by atoms with E-state index in [0.717, 1.165) is 31.6 Å². The van der Waals surface area contributed by atoms with Crippen LogP contribution in [0.15, 0.2) is 42.7 Å². The lowest BCUT2D eigenvalue weighted by Crippen LogP contribution is -2.61.